The maximum Gasteiger partial charge on any atom is 0.389 e. The first-order valence-electron chi connectivity index (χ1n) is 12.7. The van der Waals surface area contributed by atoms with E-state index in [9.17, 15) is 31.8 Å². The van der Waals surface area contributed by atoms with Crippen LogP contribution in [0.25, 0.3) is 0 Å². The van der Waals surface area contributed by atoms with Gasteiger partial charge in [0.25, 0.3) is 0 Å². The van der Waals surface area contributed by atoms with E-state index >= 15 is 0 Å². The van der Waals surface area contributed by atoms with Gasteiger partial charge in [-0.15, -0.1) is 11.3 Å². The third kappa shape index (κ3) is 20.9. The number of thiophene rings is 1. The van der Waals surface area contributed by atoms with Gasteiger partial charge in [0, 0.05) is 24.0 Å². The van der Waals surface area contributed by atoms with Crippen molar-refractivity contribution in [1.82, 2.24) is 4.72 Å². The molecule has 0 aliphatic heterocycles. The lowest BCUT2D eigenvalue weighted by Crippen LogP contribution is -2.29. The van der Waals surface area contributed by atoms with Gasteiger partial charge in [0.2, 0.25) is 11.8 Å². The number of aryl methyl sites for hydroxylation is 2. The summed E-state index contributed by atoms with van der Waals surface area (Å²) in [7, 11) is -1.42. The van der Waals surface area contributed by atoms with Crippen molar-refractivity contribution in [2.24, 2.45) is 5.73 Å². The zero-order valence-corrected chi connectivity index (χ0v) is 25.1. The van der Waals surface area contributed by atoms with Crippen molar-refractivity contribution < 1.29 is 36.5 Å². The third-order valence-electron chi connectivity index (χ3n) is 4.31. The van der Waals surface area contributed by atoms with E-state index in [0.717, 1.165) is 16.9 Å². The maximum atomic E-state index is 12.2. The molecule has 2 rings (SSSR count). The maximum absolute atomic E-state index is 12.2. The highest BCUT2D eigenvalue weighted by atomic mass is 32.2. The molecule has 39 heavy (non-hydrogen) atoms. The van der Waals surface area contributed by atoms with Crippen molar-refractivity contribution in [1.29, 1.82) is 0 Å². The minimum absolute atomic E-state index is 0.0372. The van der Waals surface area contributed by atoms with E-state index in [-0.39, 0.29) is 18.8 Å². The second kappa shape index (κ2) is 22.1. The van der Waals surface area contributed by atoms with Gasteiger partial charge < -0.3 is 10.5 Å². The van der Waals surface area contributed by atoms with Crippen molar-refractivity contribution in [2.75, 3.05) is 12.9 Å². The van der Waals surface area contributed by atoms with Gasteiger partial charge >= 0.3 is 6.18 Å². The van der Waals surface area contributed by atoms with Crippen LogP contribution in [0.1, 0.15) is 80.4 Å². The van der Waals surface area contributed by atoms with Crippen LogP contribution in [0.15, 0.2) is 36.4 Å². The minimum atomic E-state index is -4.14. The quantitative estimate of drug-likeness (QED) is 0.173. The Morgan fingerprint density at radius 3 is 2.08 bits per heavy atom. The van der Waals surface area contributed by atoms with Gasteiger partial charge in [-0.25, -0.2) is 4.21 Å². The number of carbonyl (C=O) groups is 3. The molecule has 0 radical (unpaired) electrons. The van der Waals surface area contributed by atoms with Crippen LogP contribution in [0.2, 0.25) is 0 Å². The number of carbonyl (C=O) groups excluding carboxylic acids is 3. The fourth-order valence-electron chi connectivity index (χ4n) is 2.67. The summed E-state index contributed by atoms with van der Waals surface area (Å²) in [4.78, 5) is 34.7. The standard InChI is InChI=1S/C19H21F3O2S.C4H8N2O3S.2C2H6/c1-2-16-9-11-18(25-16)17(23)10-6-14-4-7-15(8-5-14)24-13-3-12-19(20,21)22;1-10(9)6-4(8)2-3(5)7;2*1-2/h4-5,7-9,11H,2-3,6,10,12-13H2,1H3;2H2,1H3,(H2,5,7)(H,6,8);2*1-2H3. The lowest BCUT2D eigenvalue weighted by atomic mass is 10.1. The molecule has 1 heterocycles. The third-order valence-corrected chi connectivity index (χ3v) is 6.10. The molecular formula is C27H41F3N2O5S2. The van der Waals surface area contributed by atoms with Crippen molar-refractivity contribution in [3.63, 3.8) is 0 Å². The number of halogens is 3. The molecule has 7 nitrogen and oxygen atoms in total. The van der Waals surface area contributed by atoms with Crippen LogP contribution >= 0.6 is 11.3 Å². The number of ketones is 1. The Labute approximate surface area is 236 Å². The Morgan fingerprint density at radius 2 is 1.62 bits per heavy atom. The first kappa shape index (κ1) is 38.4. The second-order valence-electron chi connectivity index (χ2n) is 7.38. The Hall–Kier alpha value is -2.73. The van der Waals surface area contributed by atoms with E-state index in [0.29, 0.717) is 18.6 Å². The van der Waals surface area contributed by atoms with Crippen molar-refractivity contribution in [3.05, 3.63) is 51.7 Å². The van der Waals surface area contributed by atoms with Gasteiger partial charge in [-0.2, -0.15) is 13.2 Å². The molecule has 1 aromatic carbocycles. The molecule has 0 fully saturated rings. The van der Waals surface area contributed by atoms with Gasteiger partial charge in [-0.05, 0) is 49.1 Å². The largest absolute Gasteiger partial charge is 0.494 e. The van der Waals surface area contributed by atoms with Crippen LogP contribution in [0.4, 0.5) is 13.2 Å². The number of hydrogen-bond donors (Lipinski definition) is 2. The van der Waals surface area contributed by atoms with Crippen molar-refractivity contribution in [3.8, 4) is 5.75 Å². The number of nitrogens with two attached hydrogens (primary N) is 1. The summed E-state index contributed by atoms with van der Waals surface area (Å²) >= 11 is 1.54. The molecule has 12 heteroatoms. The first-order chi connectivity index (χ1) is 18.4. The molecular weight excluding hydrogens is 553 g/mol. The molecule has 3 N–H and O–H groups in total. The number of rotatable bonds is 12. The van der Waals surface area contributed by atoms with Crippen LogP contribution < -0.4 is 15.2 Å². The Bertz CT molecular complexity index is 976. The van der Waals surface area contributed by atoms with Crippen LogP contribution in [0, 0.1) is 0 Å². The molecule has 2 aromatic rings. The molecule has 2 amide bonds. The Kier molecular flexibility index (Phi) is 21.8. The number of primary amides is 1. The number of alkyl halides is 3. The minimum Gasteiger partial charge on any atom is -0.494 e. The summed E-state index contributed by atoms with van der Waals surface area (Å²) in [5.41, 5.74) is 5.67. The summed E-state index contributed by atoms with van der Waals surface area (Å²) < 4.78 is 53.7. The van der Waals surface area contributed by atoms with Crippen LogP contribution in [-0.2, 0) is 33.4 Å². The zero-order chi connectivity index (χ0) is 30.4. The molecule has 1 unspecified atom stereocenters. The Morgan fingerprint density at radius 1 is 1.03 bits per heavy atom. The number of ether oxygens (including phenoxy) is 1. The van der Waals surface area contributed by atoms with E-state index in [1.807, 2.05) is 56.7 Å². The van der Waals surface area contributed by atoms with Gasteiger partial charge in [-0.3, -0.25) is 19.1 Å². The average Bonchev–Trinajstić information content (AvgIpc) is 3.37. The summed E-state index contributed by atoms with van der Waals surface area (Å²) in [6.07, 6.45) is -2.15. The topological polar surface area (TPSA) is 116 Å². The van der Waals surface area contributed by atoms with E-state index in [1.54, 1.807) is 23.5 Å². The lowest BCUT2D eigenvalue weighted by molar-refractivity contribution is -0.136. The molecule has 0 bridgehead atoms. The molecule has 1 atom stereocenters. The molecule has 0 saturated carbocycles. The Balaban J connectivity index is 0. The van der Waals surface area contributed by atoms with E-state index in [4.69, 9.17) is 4.74 Å². The molecule has 222 valence electrons. The molecule has 0 aliphatic rings. The van der Waals surface area contributed by atoms with Crippen molar-refractivity contribution >= 4 is 39.9 Å². The average molecular weight is 595 g/mol. The lowest BCUT2D eigenvalue weighted by Gasteiger charge is -2.08. The number of amides is 2. The van der Waals surface area contributed by atoms with Crippen LogP contribution in [0.3, 0.4) is 0 Å². The molecule has 0 saturated heterocycles. The molecule has 1 aromatic heterocycles. The van der Waals surface area contributed by atoms with E-state index in [2.05, 4.69) is 12.7 Å². The van der Waals surface area contributed by atoms with Crippen LogP contribution in [-0.4, -0.2) is 40.8 Å². The van der Waals surface area contributed by atoms with Gasteiger partial charge in [-0.1, -0.05) is 46.8 Å². The van der Waals surface area contributed by atoms with Gasteiger partial charge in [0.1, 0.15) is 23.2 Å². The smallest absolute Gasteiger partial charge is 0.389 e. The predicted molar refractivity (Wildman–Crippen MR) is 152 cm³/mol. The summed E-state index contributed by atoms with van der Waals surface area (Å²) in [5, 5.41) is 0. The number of Topliss-reactive ketones (excluding diaryl/α,β-unsaturated/α-hetero) is 1. The zero-order valence-electron chi connectivity index (χ0n) is 23.5. The van der Waals surface area contributed by atoms with Crippen LogP contribution in [0.5, 0.6) is 5.75 Å². The molecule has 0 aliphatic carbocycles. The summed E-state index contributed by atoms with van der Waals surface area (Å²) in [5.74, 6) is -0.670. The highest BCUT2D eigenvalue weighted by molar-refractivity contribution is 7.82. The van der Waals surface area contributed by atoms with Gasteiger partial charge in [0.15, 0.2) is 5.78 Å². The fraction of sp³-hybridized carbons (Fsp3) is 0.519. The van der Waals surface area contributed by atoms with Gasteiger partial charge in [0.05, 0.1) is 11.5 Å². The number of hydrogen-bond acceptors (Lipinski definition) is 6. The second-order valence-corrected chi connectivity index (χ2v) is 9.66. The summed E-state index contributed by atoms with van der Waals surface area (Å²) in [6, 6.07) is 11.0. The van der Waals surface area contributed by atoms with E-state index < -0.39 is 41.8 Å². The predicted octanol–water partition coefficient (Wildman–Crippen LogP) is 6.17. The summed E-state index contributed by atoms with van der Waals surface area (Å²) in [6.45, 7) is 10.1. The number of nitrogens with one attached hydrogen (secondary N) is 1. The van der Waals surface area contributed by atoms with Crippen molar-refractivity contribution in [2.45, 2.75) is 79.3 Å². The highest BCUT2D eigenvalue weighted by Crippen LogP contribution is 2.22. The fourth-order valence-corrected chi connectivity index (χ4v) is 3.98. The SMILES string of the molecule is CC.CC.CCc1ccc(C(=O)CCc2ccc(OCCCC(F)(F)F)cc2)s1.CS(=O)NC(=O)CC(N)=O. The monoisotopic (exact) mass is 594 g/mol. The first-order valence-corrected chi connectivity index (χ1v) is 15.1. The normalized spacial score (nSPS) is 10.8. The number of benzene rings is 1. The van der Waals surface area contributed by atoms with E-state index in [1.165, 1.54) is 11.1 Å². The highest BCUT2D eigenvalue weighted by Gasteiger charge is 2.26. The molecule has 0 spiro atoms.